The van der Waals surface area contributed by atoms with Crippen molar-refractivity contribution in [3.8, 4) is 0 Å². The monoisotopic (exact) mass is 303 g/mol. The van der Waals surface area contributed by atoms with Crippen LogP contribution in [0.5, 0.6) is 0 Å². The van der Waals surface area contributed by atoms with Crippen LogP contribution in [0.15, 0.2) is 72.8 Å². The van der Waals surface area contributed by atoms with Crippen LogP contribution in [-0.4, -0.2) is 0 Å². The van der Waals surface area contributed by atoms with E-state index in [1.807, 2.05) is 0 Å². The van der Waals surface area contributed by atoms with E-state index in [9.17, 15) is 0 Å². The molecule has 0 saturated heterocycles. The van der Waals surface area contributed by atoms with Crippen LogP contribution in [0.4, 0.5) is 17.1 Å². The van der Waals surface area contributed by atoms with Crippen molar-refractivity contribution in [1.29, 1.82) is 0 Å². The Labute approximate surface area is 140 Å². The lowest BCUT2D eigenvalue weighted by atomic mass is 10.1. The molecule has 0 aromatic heterocycles. The van der Waals surface area contributed by atoms with Gasteiger partial charge in [-0.25, -0.2) is 0 Å². The van der Waals surface area contributed by atoms with Crippen LogP contribution in [0.2, 0.25) is 0 Å². The summed E-state index contributed by atoms with van der Waals surface area (Å²) in [6.45, 7) is 6.35. The second kappa shape index (κ2) is 7.15. The third-order valence-corrected chi connectivity index (χ3v) is 3.88. The van der Waals surface area contributed by atoms with Gasteiger partial charge in [0.25, 0.3) is 0 Å². The molecule has 0 bridgehead atoms. The smallest absolute Gasteiger partial charge is 0.0461 e. The Kier molecular flexibility index (Phi) is 5.23. The van der Waals surface area contributed by atoms with E-state index in [2.05, 4.69) is 98.5 Å². The molecule has 0 heterocycles. The second-order valence-electron chi connectivity index (χ2n) is 5.84. The summed E-state index contributed by atoms with van der Waals surface area (Å²) in [6, 6.07) is 26.0. The van der Waals surface area contributed by atoms with Crippen LogP contribution in [0.25, 0.3) is 0 Å². The molecule has 0 spiro atoms. The number of nitrogens with zero attached hydrogens (tertiary/aromatic N) is 1. The molecule has 0 fully saturated rings. The molecule has 0 aliphatic rings. The Morgan fingerprint density at radius 1 is 0.435 bits per heavy atom. The van der Waals surface area contributed by atoms with E-state index in [0.717, 1.165) is 0 Å². The number of rotatable bonds is 3. The van der Waals surface area contributed by atoms with Gasteiger partial charge >= 0.3 is 0 Å². The minimum atomic E-state index is 0. The molecule has 0 atom stereocenters. The number of anilines is 3. The molecule has 1 nitrogen and oxygen atoms in total. The minimum absolute atomic E-state index is 0. The fourth-order valence-electron chi connectivity index (χ4n) is 2.53. The third-order valence-electron chi connectivity index (χ3n) is 3.88. The van der Waals surface area contributed by atoms with Crippen molar-refractivity contribution in [2.75, 3.05) is 4.90 Å². The van der Waals surface area contributed by atoms with Gasteiger partial charge in [0.05, 0.1) is 0 Å². The molecule has 1 heteroatoms. The normalized spacial score (nSPS) is 10.0. The maximum absolute atomic E-state index is 2.29. The maximum Gasteiger partial charge on any atom is 0.0461 e. The van der Waals surface area contributed by atoms with E-state index >= 15 is 0 Å². The second-order valence-corrected chi connectivity index (χ2v) is 5.84. The number of hydrogen-bond donors (Lipinski definition) is 0. The van der Waals surface area contributed by atoms with E-state index in [1.54, 1.807) is 0 Å². The quantitative estimate of drug-likeness (QED) is 0.519. The molecule has 0 unspecified atom stereocenters. The van der Waals surface area contributed by atoms with Crippen molar-refractivity contribution in [3.05, 3.63) is 89.5 Å². The summed E-state index contributed by atoms with van der Waals surface area (Å²) in [4.78, 5) is 2.29. The van der Waals surface area contributed by atoms with Gasteiger partial charge in [0.15, 0.2) is 0 Å². The van der Waals surface area contributed by atoms with Gasteiger partial charge in [-0.05, 0) is 57.2 Å². The minimum Gasteiger partial charge on any atom is -0.311 e. The topological polar surface area (TPSA) is 3.24 Å². The predicted octanol–water partition coefficient (Wildman–Crippen LogP) is 6.72. The molecule has 0 N–H and O–H groups in total. The third kappa shape index (κ3) is 3.81. The largest absolute Gasteiger partial charge is 0.311 e. The first kappa shape index (κ1) is 16.8. The molecular formula is C22H25N. The van der Waals surface area contributed by atoms with Gasteiger partial charge in [0.2, 0.25) is 0 Å². The number of benzene rings is 3. The van der Waals surface area contributed by atoms with E-state index in [4.69, 9.17) is 0 Å². The van der Waals surface area contributed by atoms with Gasteiger partial charge in [-0.15, -0.1) is 0 Å². The van der Waals surface area contributed by atoms with Crippen LogP contribution in [0.1, 0.15) is 24.1 Å². The van der Waals surface area contributed by atoms with Gasteiger partial charge in [0.1, 0.15) is 0 Å². The van der Waals surface area contributed by atoms with Crippen LogP contribution < -0.4 is 4.90 Å². The molecule has 0 radical (unpaired) electrons. The van der Waals surface area contributed by atoms with Crippen molar-refractivity contribution in [2.24, 2.45) is 0 Å². The summed E-state index contributed by atoms with van der Waals surface area (Å²) >= 11 is 0. The molecule has 118 valence electrons. The van der Waals surface area contributed by atoms with Gasteiger partial charge in [-0.1, -0.05) is 60.5 Å². The molecule has 0 saturated carbocycles. The average molecular weight is 303 g/mol. The summed E-state index contributed by atoms with van der Waals surface area (Å²) in [6.07, 6.45) is 0. The highest BCUT2D eigenvalue weighted by Crippen LogP contribution is 2.34. The lowest BCUT2D eigenvalue weighted by molar-refractivity contribution is 1.26. The van der Waals surface area contributed by atoms with E-state index < -0.39 is 0 Å². The zero-order valence-corrected chi connectivity index (χ0v) is 13.4. The predicted molar refractivity (Wildman–Crippen MR) is 102 cm³/mol. The summed E-state index contributed by atoms with van der Waals surface area (Å²) < 4.78 is 0. The van der Waals surface area contributed by atoms with E-state index in [-0.39, 0.29) is 7.43 Å². The Morgan fingerprint density at radius 2 is 0.652 bits per heavy atom. The SMILES string of the molecule is C.Cc1ccc(N(c2ccc(C)cc2)c2ccc(C)cc2)cc1. The first-order chi connectivity index (χ1) is 10.6. The van der Waals surface area contributed by atoms with Crippen LogP contribution in [0, 0.1) is 20.8 Å². The molecule has 0 amide bonds. The van der Waals surface area contributed by atoms with Gasteiger partial charge in [0, 0.05) is 17.1 Å². The Hall–Kier alpha value is -2.54. The van der Waals surface area contributed by atoms with Gasteiger partial charge in [-0.2, -0.15) is 0 Å². The van der Waals surface area contributed by atoms with E-state index in [0.29, 0.717) is 0 Å². The fourth-order valence-corrected chi connectivity index (χ4v) is 2.53. The molecule has 3 aromatic carbocycles. The van der Waals surface area contributed by atoms with E-state index in [1.165, 1.54) is 33.8 Å². The summed E-state index contributed by atoms with van der Waals surface area (Å²) in [5.74, 6) is 0. The van der Waals surface area contributed by atoms with Crippen molar-refractivity contribution < 1.29 is 0 Å². The lowest BCUT2D eigenvalue weighted by Gasteiger charge is -2.25. The highest BCUT2D eigenvalue weighted by atomic mass is 15.1. The van der Waals surface area contributed by atoms with Crippen LogP contribution in [0.3, 0.4) is 0 Å². The first-order valence-electron chi connectivity index (χ1n) is 7.63. The first-order valence-corrected chi connectivity index (χ1v) is 7.63. The van der Waals surface area contributed by atoms with Crippen molar-refractivity contribution in [1.82, 2.24) is 0 Å². The van der Waals surface area contributed by atoms with Gasteiger partial charge < -0.3 is 4.90 Å². The lowest BCUT2D eigenvalue weighted by Crippen LogP contribution is -2.09. The Balaban J connectivity index is 0.00000192. The number of hydrogen-bond acceptors (Lipinski definition) is 1. The van der Waals surface area contributed by atoms with Crippen LogP contribution in [-0.2, 0) is 0 Å². The van der Waals surface area contributed by atoms with Crippen molar-refractivity contribution in [3.63, 3.8) is 0 Å². The van der Waals surface area contributed by atoms with Gasteiger partial charge in [-0.3, -0.25) is 0 Å². The van der Waals surface area contributed by atoms with Crippen molar-refractivity contribution in [2.45, 2.75) is 28.2 Å². The Morgan fingerprint density at radius 3 is 0.870 bits per heavy atom. The molecule has 23 heavy (non-hydrogen) atoms. The van der Waals surface area contributed by atoms with Crippen molar-refractivity contribution >= 4 is 17.1 Å². The Bertz CT molecular complexity index is 629. The summed E-state index contributed by atoms with van der Waals surface area (Å²) in [5, 5.41) is 0. The molecular weight excluding hydrogens is 278 g/mol. The van der Waals surface area contributed by atoms with Crippen LogP contribution >= 0.6 is 0 Å². The zero-order valence-electron chi connectivity index (χ0n) is 13.4. The summed E-state index contributed by atoms with van der Waals surface area (Å²) in [7, 11) is 0. The molecule has 3 rings (SSSR count). The molecule has 0 aliphatic heterocycles. The molecule has 0 aliphatic carbocycles. The number of aryl methyl sites for hydroxylation is 3. The zero-order chi connectivity index (χ0) is 15.5. The highest BCUT2D eigenvalue weighted by Gasteiger charge is 2.11. The molecule has 3 aromatic rings. The maximum atomic E-state index is 2.29. The fraction of sp³-hybridized carbons (Fsp3) is 0.182. The standard InChI is InChI=1S/C21H21N.CH4/c1-16-4-10-19(11-5-16)22(20-12-6-17(2)7-13-20)21-14-8-18(3)9-15-21;/h4-15H,1-3H3;1H4. The average Bonchev–Trinajstić information content (AvgIpc) is 2.53. The summed E-state index contributed by atoms with van der Waals surface area (Å²) in [5.41, 5.74) is 7.36. The highest BCUT2D eigenvalue weighted by molar-refractivity contribution is 5.76.